The van der Waals surface area contributed by atoms with Crippen LogP contribution in [-0.4, -0.2) is 12.8 Å². The fourth-order valence-electron chi connectivity index (χ4n) is 2.11. The summed E-state index contributed by atoms with van der Waals surface area (Å²) in [6, 6.07) is 9.84. The van der Waals surface area contributed by atoms with Crippen LogP contribution in [0, 0.1) is 17.2 Å². The molecule has 2 atom stereocenters. The number of nitrogens with zero attached hydrogens (tertiary/aromatic N) is 2. The highest BCUT2D eigenvalue weighted by atomic mass is 35.5. The summed E-state index contributed by atoms with van der Waals surface area (Å²) in [5.41, 5.74) is 1.96. The summed E-state index contributed by atoms with van der Waals surface area (Å²) < 4.78 is 0. The van der Waals surface area contributed by atoms with Crippen LogP contribution < -0.4 is 0 Å². The minimum absolute atomic E-state index is 0.0712. The van der Waals surface area contributed by atoms with Crippen LogP contribution >= 0.6 is 11.6 Å². The van der Waals surface area contributed by atoms with Crippen LogP contribution in [0.1, 0.15) is 31.7 Å². The van der Waals surface area contributed by atoms with Crippen LogP contribution in [0.5, 0.6) is 0 Å². The smallest absolute Gasteiger partial charge is 0.106 e. The molecule has 18 heavy (non-hydrogen) atoms. The molecule has 0 heterocycles. The maximum atomic E-state index is 8.85. The second kappa shape index (κ2) is 7.03. The highest BCUT2D eigenvalue weighted by molar-refractivity contribution is 6.30. The normalized spacial score (nSPS) is 14.7. The van der Waals surface area contributed by atoms with Gasteiger partial charge in [-0.3, -0.25) is 0 Å². The first-order valence-corrected chi connectivity index (χ1v) is 6.18. The van der Waals surface area contributed by atoms with Crippen LogP contribution in [0.3, 0.4) is 0 Å². The first kappa shape index (κ1) is 14.5. The predicted octanol–water partition coefficient (Wildman–Crippen LogP) is 4.00. The van der Waals surface area contributed by atoms with Crippen molar-refractivity contribution in [2.75, 3.05) is 7.11 Å². The lowest BCUT2D eigenvalue weighted by Crippen LogP contribution is -2.18. The Morgan fingerprint density at radius 1 is 1.44 bits per heavy atom. The van der Waals surface area contributed by atoms with Gasteiger partial charge >= 0.3 is 0 Å². The number of nitriles is 1. The van der Waals surface area contributed by atoms with Crippen molar-refractivity contribution in [3.05, 3.63) is 34.9 Å². The van der Waals surface area contributed by atoms with Crippen molar-refractivity contribution in [2.45, 2.75) is 26.2 Å². The minimum atomic E-state index is 0.0712. The molecule has 0 fully saturated rings. The lowest BCUT2D eigenvalue weighted by Gasteiger charge is -2.22. The molecule has 1 aromatic carbocycles. The molecular formula is C14H17ClN2O. The van der Waals surface area contributed by atoms with Crippen molar-refractivity contribution in [3.63, 3.8) is 0 Å². The molecule has 2 unspecified atom stereocenters. The molecule has 3 nitrogen and oxygen atoms in total. The third kappa shape index (κ3) is 3.75. The Hall–Kier alpha value is -1.53. The number of hydrogen-bond donors (Lipinski definition) is 0. The van der Waals surface area contributed by atoms with Gasteiger partial charge in [0.15, 0.2) is 0 Å². The van der Waals surface area contributed by atoms with E-state index in [4.69, 9.17) is 21.7 Å². The van der Waals surface area contributed by atoms with Gasteiger partial charge in [0.2, 0.25) is 0 Å². The van der Waals surface area contributed by atoms with Crippen LogP contribution in [0.2, 0.25) is 5.02 Å². The monoisotopic (exact) mass is 264 g/mol. The fraction of sp³-hybridized carbons (Fsp3) is 0.429. The molecule has 0 saturated heterocycles. The third-order valence-electron chi connectivity index (χ3n) is 2.90. The molecule has 0 bridgehead atoms. The topological polar surface area (TPSA) is 45.4 Å². The second-order valence-electron chi connectivity index (χ2n) is 4.28. The van der Waals surface area contributed by atoms with Gasteiger partial charge in [0.25, 0.3) is 0 Å². The third-order valence-corrected chi connectivity index (χ3v) is 3.15. The van der Waals surface area contributed by atoms with E-state index in [1.807, 2.05) is 38.1 Å². The summed E-state index contributed by atoms with van der Waals surface area (Å²) in [5.74, 6) is 0.247. The molecule has 0 aromatic heterocycles. The van der Waals surface area contributed by atoms with Crippen molar-refractivity contribution in [1.82, 2.24) is 0 Å². The van der Waals surface area contributed by atoms with Gasteiger partial charge < -0.3 is 4.84 Å². The van der Waals surface area contributed by atoms with E-state index in [2.05, 4.69) is 11.2 Å². The molecule has 0 radical (unpaired) electrons. The highest BCUT2D eigenvalue weighted by Crippen LogP contribution is 2.29. The van der Waals surface area contributed by atoms with Gasteiger partial charge in [-0.05, 0) is 30.5 Å². The van der Waals surface area contributed by atoms with Gasteiger partial charge in [-0.2, -0.15) is 5.26 Å². The van der Waals surface area contributed by atoms with E-state index in [0.717, 1.165) is 11.3 Å². The zero-order chi connectivity index (χ0) is 13.5. The number of oxime groups is 1. The molecule has 1 rings (SSSR count). The van der Waals surface area contributed by atoms with Gasteiger partial charge in [0.05, 0.1) is 11.8 Å². The van der Waals surface area contributed by atoms with Crippen molar-refractivity contribution in [2.24, 2.45) is 11.1 Å². The molecule has 0 aliphatic rings. The summed E-state index contributed by atoms with van der Waals surface area (Å²) in [5, 5.41) is 13.5. The van der Waals surface area contributed by atoms with E-state index in [1.165, 1.54) is 7.11 Å². The standard InChI is InChI=1S/C14H17ClN2O/c1-10(8-9-16)14(11(2)17-18-3)12-4-6-13(15)7-5-12/h4-7,10,14H,8H2,1-3H3. The quantitative estimate of drug-likeness (QED) is 0.596. The SMILES string of the molecule is CON=C(C)C(c1ccc(Cl)cc1)C(C)CC#N. The highest BCUT2D eigenvalue weighted by Gasteiger charge is 2.22. The van der Waals surface area contributed by atoms with Crippen LogP contribution in [0.25, 0.3) is 0 Å². The van der Waals surface area contributed by atoms with Gasteiger partial charge in [-0.1, -0.05) is 35.8 Å². The molecular weight excluding hydrogens is 248 g/mol. The summed E-state index contributed by atoms with van der Waals surface area (Å²) in [4.78, 5) is 4.84. The van der Waals surface area contributed by atoms with Crippen LogP contribution in [0.4, 0.5) is 0 Å². The summed E-state index contributed by atoms with van der Waals surface area (Å²) >= 11 is 5.89. The van der Waals surface area contributed by atoms with Gasteiger partial charge in [-0.25, -0.2) is 0 Å². The Bertz CT molecular complexity index is 448. The zero-order valence-corrected chi connectivity index (χ0v) is 11.6. The Kier molecular flexibility index (Phi) is 5.67. The zero-order valence-electron chi connectivity index (χ0n) is 10.9. The lowest BCUT2D eigenvalue weighted by molar-refractivity contribution is 0.211. The maximum absolute atomic E-state index is 8.85. The van der Waals surface area contributed by atoms with Crippen molar-refractivity contribution in [1.29, 1.82) is 5.26 Å². The van der Waals surface area contributed by atoms with Gasteiger partial charge in [0, 0.05) is 17.4 Å². The number of rotatable bonds is 5. The van der Waals surface area contributed by atoms with Crippen molar-refractivity contribution in [3.8, 4) is 6.07 Å². The van der Waals surface area contributed by atoms with Crippen molar-refractivity contribution < 1.29 is 4.84 Å². The molecule has 0 amide bonds. The van der Waals surface area contributed by atoms with Crippen LogP contribution in [0.15, 0.2) is 29.4 Å². The Balaban J connectivity index is 3.08. The maximum Gasteiger partial charge on any atom is 0.106 e. The summed E-state index contributed by atoms with van der Waals surface area (Å²) in [6.45, 7) is 3.95. The van der Waals surface area contributed by atoms with E-state index in [-0.39, 0.29) is 11.8 Å². The lowest BCUT2D eigenvalue weighted by atomic mass is 9.82. The second-order valence-corrected chi connectivity index (χ2v) is 4.72. The molecule has 0 aliphatic carbocycles. The molecule has 96 valence electrons. The van der Waals surface area contributed by atoms with E-state index < -0.39 is 0 Å². The Morgan fingerprint density at radius 2 is 2.06 bits per heavy atom. The first-order valence-electron chi connectivity index (χ1n) is 5.80. The number of benzene rings is 1. The number of hydrogen-bond acceptors (Lipinski definition) is 3. The predicted molar refractivity (Wildman–Crippen MR) is 73.7 cm³/mol. The Morgan fingerprint density at radius 3 is 2.56 bits per heavy atom. The van der Waals surface area contributed by atoms with Gasteiger partial charge in [-0.15, -0.1) is 0 Å². The molecule has 4 heteroatoms. The molecule has 0 spiro atoms. The molecule has 0 aliphatic heterocycles. The van der Waals surface area contributed by atoms with E-state index in [9.17, 15) is 0 Å². The first-order chi connectivity index (χ1) is 8.60. The molecule has 0 N–H and O–H groups in total. The average Bonchev–Trinajstić information content (AvgIpc) is 2.33. The van der Waals surface area contributed by atoms with Crippen molar-refractivity contribution >= 4 is 17.3 Å². The molecule has 0 saturated carbocycles. The minimum Gasteiger partial charge on any atom is -0.399 e. The molecule has 1 aromatic rings. The Labute approximate surface area is 113 Å². The summed E-state index contributed by atoms with van der Waals surface area (Å²) in [7, 11) is 1.53. The van der Waals surface area contributed by atoms with E-state index >= 15 is 0 Å². The van der Waals surface area contributed by atoms with Gasteiger partial charge in [0.1, 0.15) is 7.11 Å². The van der Waals surface area contributed by atoms with E-state index in [0.29, 0.717) is 11.4 Å². The number of halogens is 1. The summed E-state index contributed by atoms with van der Waals surface area (Å²) in [6.07, 6.45) is 0.476. The van der Waals surface area contributed by atoms with Crippen LogP contribution in [-0.2, 0) is 4.84 Å². The fourth-order valence-corrected chi connectivity index (χ4v) is 2.24. The average molecular weight is 265 g/mol. The van der Waals surface area contributed by atoms with E-state index in [1.54, 1.807) is 0 Å². The largest absolute Gasteiger partial charge is 0.399 e.